The minimum atomic E-state index is 1.18. The molecule has 0 radical (unpaired) electrons. The zero-order valence-electron chi connectivity index (χ0n) is 7.04. The second-order valence-electron chi connectivity index (χ2n) is 2.95. The molecular formula is C11H11N. The number of hydrogen-bond acceptors (Lipinski definition) is 0. The van der Waals surface area contributed by atoms with Crippen molar-refractivity contribution in [3.63, 3.8) is 0 Å². The summed E-state index contributed by atoms with van der Waals surface area (Å²) >= 11 is 0. The second kappa shape index (κ2) is 2.86. The highest BCUT2D eigenvalue weighted by molar-refractivity contribution is 5.59. The third kappa shape index (κ3) is 1.26. The van der Waals surface area contributed by atoms with Crippen molar-refractivity contribution in [1.29, 1.82) is 0 Å². The average Bonchev–Trinajstić information content (AvgIpc) is 2.58. The van der Waals surface area contributed by atoms with Gasteiger partial charge in [0.1, 0.15) is 0 Å². The predicted molar refractivity (Wildman–Crippen MR) is 51.0 cm³/mol. The second-order valence-corrected chi connectivity index (χ2v) is 2.95. The van der Waals surface area contributed by atoms with E-state index in [1.165, 1.54) is 16.8 Å². The molecule has 0 fully saturated rings. The van der Waals surface area contributed by atoms with E-state index in [-0.39, 0.29) is 0 Å². The van der Waals surface area contributed by atoms with Crippen LogP contribution in [-0.4, -0.2) is 4.98 Å². The molecule has 0 aliphatic heterocycles. The number of aromatic amines is 1. The van der Waals surface area contributed by atoms with Crippen LogP contribution in [0.15, 0.2) is 42.6 Å². The monoisotopic (exact) mass is 157 g/mol. The fraction of sp³-hybridized carbons (Fsp3) is 0.0909. The van der Waals surface area contributed by atoms with Crippen LogP contribution in [-0.2, 0) is 0 Å². The normalized spacial score (nSPS) is 10.1. The molecule has 1 aromatic carbocycles. The zero-order chi connectivity index (χ0) is 8.39. The van der Waals surface area contributed by atoms with Crippen LogP contribution < -0.4 is 0 Å². The van der Waals surface area contributed by atoms with E-state index in [9.17, 15) is 0 Å². The van der Waals surface area contributed by atoms with E-state index >= 15 is 0 Å². The molecule has 1 nitrogen and oxygen atoms in total. The summed E-state index contributed by atoms with van der Waals surface area (Å²) in [6.07, 6.45) is 1.94. The van der Waals surface area contributed by atoms with E-state index in [0.717, 1.165) is 0 Å². The summed E-state index contributed by atoms with van der Waals surface area (Å²) in [4.78, 5) is 3.17. The Balaban J connectivity index is 2.43. The molecule has 2 rings (SSSR count). The van der Waals surface area contributed by atoms with Crippen molar-refractivity contribution in [1.82, 2.24) is 4.98 Å². The summed E-state index contributed by atoms with van der Waals surface area (Å²) < 4.78 is 0. The maximum absolute atomic E-state index is 3.17. The van der Waals surface area contributed by atoms with Gasteiger partial charge in [-0.2, -0.15) is 0 Å². The summed E-state index contributed by atoms with van der Waals surface area (Å²) in [5.74, 6) is 0. The number of hydrogen-bond donors (Lipinski definition) is 1. The Morgan fingerprint density at radius 3 is 2.33 bits per heavy atom. The van der Waals surface area contributed by atoms with Crippen LogP contribution in [0.5, 0.6) is 0 Å². The lowest BCUT2D eigenvalue weighted by Crippen LogP contribution is -1.76. The minimum absolute atomic E-state index is 1.18. The van der Waals surface area contributed by atoms with Crippen LogP contribution >= 0.6 is 0 Å². The van der Waals surface area contributed by atoms with Crippen molar-refractivity contribution >= 4 is 0 Å². The van der Waals surface area contributed by atoms with Gasteiger partial charge in [0.05, 0.1) is 0 Å². The summed E-state index contributed by atoms with van der Waals surface area (Å²) in [6.45, 7) is 2.10. The third-order valence-corrected chi connectivity index (χ3v) is 1.96. The van der Waals surface area contributed by atoms with Crippen LogP contribution in [0.25, 0.3) is 11.3 Å². The van der Waals surface area contributed by atoms with Gasteiger partial charge in [-0.1, -0.05) is 29.8 Å². The highest BCUT2D eigenvalue weighted by Crippen LogP contribution is 2.16. The Morgan fingerprint density at radius 2 is 1.75 bits per heavy atom. The first kappa shape index (κ1) is 7.17. The molecule has 0 spiro atoms. The summed E-state index contributed by atoms with van der Waals surface area (Å²) in [5.41, 5.74) is 3.71. The molecule has 1 heterocycles. The lowest BCUT2D eigenvalue weighted by Gasteiger charge is -1.97. The van der Waals surface area contributed by atoms with E-state index in [0.29, 0.717) is 0 Å². The summed E-state index contributed by atoms with van der Waals surface area (Å²) in [7, 11) is 0. The van der Waals surface area contributed by atoms with Crippen molar-refractivity contribution in [2.75, 3.05) is 0 Å². The smallest absolute Gasteiger partial charge is 0.0453 e. The van der Waals surface area contributed by atoms with Crippen LogP contribution in [0.4, 0.5) is 0 Å². The quantitative estimate of drug-likeness (QED) is 0.655. The van der Waals surface area contributed by atoms with Crippen LogP contribution in [0, 0.1) is 6.92 Å². The molecule has 0 saturated heterocycles. The molecule has 60 valence electrons. The molecule has 0 unspecified atom stereocenters. The predicted octanol–water partition coefficient (Wildman–Crippen LogP) is 2.99. The van der Waals surface area contributed by atoms with E-state index in [2.05, 4.69) is 42.2 Å². The maximum Gasteiger partial charge on any atom is 0.0453 e. The number of aromatic nitrogens is 1. The molecule has 0 aliphatic rings. The molecule has 1 N–H and O–H groups in total. The highest BCUT2D eigenvalue weighted by Gasteiger charge is 1.94. The van der Waals surface area contributed by atoms with Crippen molar-refractivity contribution in [2.45, 2.75) is 6.92 Å². The van der Waals surface area contributed by atoms with E-state index in [1.807, 2.05) is 12.3 Å². The first-order valence-electron chi connectivity index (χ1n) is 4.07. The molecule has 1 heteroatoms. The standard InChI is InChI=1S/C11H11N/c1-9-4-6-10(7-5-9)11-3-2-8-12-11/h2-8,12H,1H3. The first-order valence-corrected chi connectivity index (χ1v) is 4.07. The highest BCUT2D eigenvalue weighted by atomic mass is 14.7. The Morgan fingerprint density at radius 1 is 1.00 bits per heavy atom. The lowest BCUT2D eigenvalue weighted by atomic mass is 10.1. The van der Waals surface area contributed by atoms with Gasteiger partial charge in [0.25, 0.3) is 0 Å². The molecule has 1 aromatic heterocycles. The van der Waals surface area contributed by atoms with E-state index in [4.69, 9.17) is 0 Å². The van der Waals surface area contributed by atoms with Crippen LogP contribution in [0.2, 0.25) is 0 Å². The van der Waals surface area contributed by atoms with Crippen molar-refractivity contribution in [2.24, 2.45) is 0 Å². The number of rotatable bonds is 1. The van der Waals surface area contributed by atoms with Gasteiger partial charge < -0.3 is 4.98 Å². The van der Waals surface area contributed by atoms with Gasteiger partial charge in [-0.15, -0.1) is 0 Å². The van der Waals surface area contributed by atoms with Gasteiger partial charge in [-0.3, -0.25) is 0 Å². The fourth-order valence-corrected chi connectivity index (χ4v) is 1.24. The lowest BCUT2D eigenvalue weighted by molar-refractivity contribution is 1.39. The Bertz CT molecular complexity index is 343. The molecule has 0 aliphatic carbocycles. The SMILES string of the molecule is Cc1ccc(-c2ccc[nH]2)cc1. The average molecular weight is 157 g/mol. The molecule has 0 saturated carbocycles. The largest absolute Gasteiger partial charge is 0.361 e. The van der Waals surface area contributed by atoms with Crippen LogP contribution in [0.1, 0.15) is 5.56 Å². The third-order valence-electron chi connectivity index (χ3n) is 1.96. The molecule has 0 amide bonds. The van der Waals surface area contributed by atoms with Gasteiger partial charge in [0.2, 0.25) is 0 Å². The van der Waals surface area contributed by atoms with Crippen molar-refractivity contribution < 1.29 is 0 Å². The molecule has 12 heavy (non-hydrogen) atoms. The topological polar surface area (TPSA) is 15.8 Å². The minimum Gasteiger partial charge on any atom is -0.361 e. The number of aryl methyl sites for hydroxylation is 1. The van der Waals surface area contributed by atoms with E-state index < -0.39 is 0 Å². The van der Waals surface area contributed by atoms with Crippen LogP contribution in [0.3, 0.4) is 0 Å². The number of H-pyrrole nitrogens is 1. The van der Waals surface area contributed by atoms with Crippen molar-refractivity contribution in [3.8, 4) is 11.3 Å². The number of benzene rings is 1. The fourth-order valence-electron chi connectivity index (χ4n) is 1.24. The zero-order valence-corrected chi connectivity index (χ0v) is 7.04. The Hall–Kier alpha value is -1.50. The van der Waals surface area contributed by atoms with Gasteiger partial charge in [0, 0.05) is 11.9 Å². The summed E-state index contributed by atoms with van der Waals surface area (Å²) in [5, 5.41) is 0. The van der Waals surface area contributed by atoms with E-state index in [1.54, 1.807) is 0 Å². The Kier molecular flexibility index (Phi) is 1.71. The molecule has 0 atom stereocenters. The Labute approximate surface area is 72.1 Å². The van der Waals surface area contributed by atoms with Gasteiger partial charge >= 0.3 is 0 Å². The van der Waals surface area contributed by atoms with Gasteiger partial charge in [-0.25, -0.2) is 0 Å². The number of nitrogens with one attached hydrogen (secondary N) is 1. The van der Waals surface area contributed by atoms with Gasteiger partial charge in [0.15, 0.2) is 0 Å². The molecule has 2 aromatic rings. The van der Waals surface area contributed by atoms with Gasteiger partial charge in [-0.05, 0) is 24.6 Å². The molecular weight excluding hydrogens is 146 g/mol. The molecule has 0 bridgehead atoms. The summed E-state index contributed by atoms with van der Waals surface area (Å²) in [6, 6.07) is 12.6. The van der Waals surface area contributed by atoms with Crippen molar-refractivity contribution in [3.05, 3.63) is 48.2 Å². The first-order chi connectivity index (χ1) is 5.86. The maximum atomic E-state index is 3.17.